The predicted molar refractivity (Wildman–Crippen MR) is 141 cm³/mol. The summed E-state index contributed by atoms with van der Waals surface area (Å²) in [6.45, 7) is 0. The van der Waals surface area contributed by atoms with E-state index in [0.29, 0.717) is 21.9 Å². The number of amides is 1. The molecule has 0 heterocycles. The quantitative estimate of drug-likeness (QED) is 0.502. The fourth-order valence-electron chi connectivity index (χ4n) is 3.98. The summed E-state index contributed by atoms with van der Waals surface area (Å²) in [5.74, 6) is 0.629. The van der Waals surface area contributed by atoms with Crippen molar-refractivity contribution in [2.45, 2.75) is 37.8 Å². The number of nitrogens with zero attached hydrogens (tertiary/aromatic N) is 1. The first-order valence-electron chi connectivity index (χ1n) is 11.9. The van der Waals surface area contributed by atoms with Gasteiger partial charge in [-0.25, -0.2) is 0 Å². The third-order valence-electron chi connectivity index (χ3n) is 5.87. The Labute approximate surface area is 228 Å². The summed E-state index contributed by atoms with van der Waals surface area (Å²) in [6.07, 6.45) is 29.9. The number of rotatable bonds is 6. The summed E-state index contributed by atoms with van der Waals surface area (Å²) in [5.41, 5.74) is 1.10. The molecule has 0 unspecified atom stereocenters. The molecule has 1 amide bonds. The molecule has 3 aliphatic carbocycles. The minimum atomic E-state index is -0.351. The van der Waals surface area contributed by atoms with Gasteiger partial charge >= 0.3 is 177 Å². The van der Waals surface area contributed by atoms with Gasteiger partial charge in [0.2, 0.25) is 0 Å². The number of allylic oxidation sites excluding steroid dienone is 14. The van der Waals surface area contributed by atoms with Crippen molar-refractivity contribution < 1.29 is 30.7 Å². The molecule has 36 heavy (non-hydrogen) atoms. The zero-order chi connectivity index (χ0) is 25.2. The Morgan fingerprint density at radius 3 is 2.39 bits per heavy atom. The first-order valence-corrected chi connectivity index (χ1v) is 14.4. The molecule has 1 aromatic rings. The number of nitrogens with one attached hydrogen (secondary N) is 1. The second-order valence-electron chi connectivity index (χ2n) is 8.49. The van der Waals surface area contributed by atoms with Crippen LogP contribution in [0.4, 0.5) is 0 Å². The van der Waals surface area contributed by atoms with Crippen molar-refractivity contribution in [1.29, 1.82) is 5.26 Å². The van der Waals surface area contributed by atoms with E-state index in [2.05, 4.69) is 47.8 Å². The number of nitriles is 1. The number of hydrogen-bond donors (Lipinski definition) is 1. The van der Waals surface area contributed by atoms with Gasteiger partial charge in [-0.05, 0) is 12.1 Å². The van der Waals surface area contributed by atoms with E-state index in [1.165, 1.54) is 7.16 Å². The van der Waals surface area contributed by atoms with Gasteiger partial charge in [-0.3, -0.25) is 0 Å². The number of carbonyl (C=O) groups excluding carboxylic acids is 1. The van der Waals surface area contributed by atoms with Gasteiger partial charge < -0.3 is 0 Å². The standard InChI is InChI=1S/C30H27ClIN2O2/c31-29-20-28(17-13-23(29)21-33)36-27-18-15-26(16-19-27)34-30(35)22-8-6-7-11-25(14-12-22)32-24-9-4-2-1-3-5-10-24/h1-14,17,20,26-27H,15-16,18-19H2,(H,34,35)/q-1/b2-1-,3-1?,4-2?,5-3-,7-6-,8-6?,9-4-,10-5?,11-7?,14-12-,22-8+,22-12?,24-9?,24-10+,25-11+,25-14?. The number of hydrogen-bond acceptors (Lipinski definition) is 3. The first-order chi connectivity index (χ1) is 17.6. The summed E-state index contributed by atoms with van der Waals surface area (Å²) < 4.78 is 8.63. The van der Waals surface area contributed by atoms with Crippen LogP contribution in [0.25, 0.3) is 0 Å². The summed E-state index contributed by atoms with van der Waals surface area (Å²) in [5, 5.41) is 12.6. The summed E-state index contributed by atoms with van der Waals surface area (Å²) in [6, 6.07) is 7.33. The molecule has 1 fully saturated rings. The van der Waals surface area contributed by atoms with Crippen LogP contribution in [0, 0.1) is 11.3 Å². The molecule has 0 bridgehead atoms. The number of ether oxygens (including phenoxy) is 1. The summed E-state index contributed by atoms with van der Waals surface area (Å²) in [4.78, 5) is 13.0. The van der Waals surface area contributed by atoms with Gasteiger partial charge in [0.05, 0.1) is 10.6 Å². The maximum atomic E-state index is 13.0. The Balaban J connectivity index is 1.28. The number of benzene rings is 1. The Morgan fingerprint density at radius 1 is 0.917 bits per heavy atom. The van der Waals surface area contributed by atoms with Crippen LogP contribution < -0.4 is 31.3 Å². The number of halogens is 2. The van der Waals surface area contributed by atoms with Gasteiger partial charge in [0.1, 0.15) is 6.07 Å². The van der Waals surface area contributed by atoms with Crippen LogP contribution in [0.15, 0.2) is 110 Å². The molecule has 184 valence electrons. The van der Waals surface area contributed by atoms with Crippen LogP contribution in [0.3, 0.4) is 0 Å². The maximum Gasteiger partial charge on any atom is 0.0620 e. The van der Waals surface area contributed by atoms with Crippen molar-refractivity contribution in [1.82, 2.24) is 5.32 Å². The Kier molecular flexibility index (Phi) is 9.60. The average molecular weight is 610 g/mol. The second-order valence-corrected chi connectivity index (χ2v) is 11.9. The largest absolute Gasteiger partial charge is 0.0828 e. The molecule has 6 heteroatoms. The average Bonchev–Trinajstić information content (AvgIpc) is 2.83. The van der Waals surface area contributed by atoms with Gasteiger partial charge in [0, 0.05) is 6.07 Å². The Morgan fingerprint density at radius 2 is 1.61 bits per heavy atom. The molecule has 0 aliphatic heterocycles. The molecule has 0 spiro atoms. The zero-order valence-corrected chi connectivity index (χ0v) is 22.7. The topological polar surface area (TPSA) is 62.1 Å². The van der Waals surface area contributed by atoms with Crippen molar-refractivity contribution in [2.75, 3.05) is 0 Å². The van der Waals surface area contributed by atoms with E-state index in [4.69, 9.17) is 21.6 Å². The first kappa shape index (κ1) is 26.0. The fraction of sp³-hybridized carbons (Fsp3) is 0.200. The normalized spacial score (nSPS) is 30.1. The third-order valence-corrected chi connectivity index (χ3v) is 8.87. The molecule has 1 N–H and O–H groups in total. The van der Waals surface area contributed by atoms with Gasteiger partial charge in [-0.1, -0.05) is 11.6 Å². The molecule has 0 aromatic heterocycles. The fourth-order valence-corrected chi connectivity index (χ4v) is 6.43. The molecule has 3 aliphatic rings. The third kappa shape index (κ3) is 7.71. The van der Waals surface area contributed by atoms with Gasteiger partial charge in [-0.15, -0.1) is 0 Å². The van der Waals surface area contributed by atoms with Crippen LogP contribution in [0.1, 0.15) is 31.2 Å². The van der Waals surface area contributed by atoms with Crippen LogP contribution in [0.2, 0.25) is 5.02 Å². The molecule has 4 rings (SSSR count). The van der Waals surface area contributed by atoms with Crippen LogP contribution in [0.5, 0.6) is 5.75 Å². The summed E-state index contributed by atoms with van der Waals surface area (Å²) >= 11 is 5.76. The molecule has 1 saturated carbocycles. The van der Waals surface area contributed by atoms with Gasteiger partial charge in [0.15, 0.2) is 0 Å². The van der Waals surface area contributed by atoms with Crippen LogP contribution in [-0.4, -0.2) is 18.1 Å². The van der Waals surface area contributed by atoms with Crippen molar-refractivity contribution in [2.24, 2.45) is 0 Å². The SMILES string of the molecule is N#Cc1ccc(OC2CCC(NC(=O)C3=C/C=C\C=C([I-]C4=C/C=C\C=C/C=C\4)/C=C\3)CC2)cc1Cl. The molecule has 0 radical (unpaired) electrons. The van der Waals surface area contributed by atoms with E-state index < -0.39 is 0 Å². The Bertz CT molecular complexity index is 1270. The summed E-state index contributed by atoms with van der Waals surface area (Å²) in [7, 11) is 0. The predicted octanol–water partition coefficient (Wildman–Crippen LogP) is 3.61. The van der Waals surface area contributed by atoms with Crippen LogP contribution >= 0.6 is 11.6 Å². The molecule has 0 atom stereocenters. The second kappa shape index (κ2) is 13.3. The molecular formula is C30H27ClIN2O2-. The zero-order valence-electron chi connectivity index (χ0n) is 19.7. The van der Waals surface area contributed by atoms with Crippen molar-refractivity contribution >= 4 is 17.5 Å². The molecular weight excluding hydrogens is 583 g/mol. The maximum absolute atomic E-state index is 13.0. The van der Waals surface area contributed by atoms with Gasteiger partial charge in [0.25, 0.3) is 0 Å². The Hall–Kier alpha value is -3.08. The van der Waals surface area contributed by atoms with E-state index >= 15 is 0 Å². The molecule has 0 saturated heterocycles. The van der Waals surface area contributed by atoms with E-state index in [1.54, 1.807) is 18.2 Å². The van der Waals surface area contributed by atoms with Crippen molar-refractivity contribution in [3.63, 3.8) is 0 Å². The van der Waals surface area contributed by atoms with E-state index in [9.17, 15) is 4.79 Å². The number of carbonyl (C=O) groups is 1. The van der Waals surface area contributed by atoms with Gasteiger partial charge in [-0.2, -0.15) is 5.26 Å². The van der Waals surface area contributed by atoms with E-state index in [-0.39, 0.29) is 39.3 Å². The molecule has 4 nitrogen and oxygen atoms in total. The van der Waals surface area contributed by atoms with Crippen molar-refractivity contribution in [3.05, 3.63) is 121 Å². The van der Waals surface area contributed by atoms with E-state index in [0.717, 1.165) is 25.7 Å². The smallest absolute Gasteiger partial charge is 0.0620 e. The van der Waals surface area contributed by atoms with Crippen LogP contribution in [-0.2, 0) is 4.79 Å². The van der Waals surface area contributed by atoms with E-state index in [1.807, 2.05) is 42.5 Å². The minimum Gasteiger partial charge on any atom is -0.0828 e. The monoisotopic (exact) mass is 609 g/mol. The molecule has 1 aromatic carbocycles. The van der Waals surface area contributed by atoms with Crippen molar-refractivity contribution in [3.8, 4) is 11.8 Å². The minimum absolute atomic E-state index is 0.0447.